The maximum absolute atomic E-state index is 12.2. The summed E-state index contributed by atoms with van der Waals surface area (Å²) in [5.74, 6) is 0.965. The molecule has 1 aromatic rings. The predicted molar refractivity (Wildman–Crippen MR) is 85.2 cm³/mol. The summed E-state index contributed by atoms with van der Waals surface area (Å²) < 4.78 is 0. The number of nitrogens with one attached hydrogen (secondary N) is 2. The molecule has 116 valence electrons. The van der Waals surface area contributed by atoms with Crippen molar-refractivity contribution >= 4 is 11.7 Å². The summed E-state index contributed by atoms with van der Waals surface area (Å²) in [7, 11) is 0. The van der Waals surface area contributed by atoms with Gasteiger partial charge in [-0.2, -0.15) is 0 Å². The molecule has 1 aromatic heterocycles. The van der Waals surface area contributed by atoms with Crippen LogP contribution in [0.25, 0.3) is 0 Å². The zero-order valence-electron chi connectivity index (χ0n) is 12.8. The standard InChI is InChI=1S/C16H26N4O/c1-14(20-12-6-2-3-7-13-20)16(21)19-11-10-18-15-8-4-5-9-17-15/h4-5,8-9,14H,2-3,6-7,10-13H2,1H3,(H,17,18)(H,19,21). The minimum absolute atomic E-state index is 0.0297. The predicted octanol–water partition coefficient (Wildman–Crippen LogP) is 1.87. The minimum Gasteiger partial charge on any atom is -0.368 e. The quantitative estimate of drug-likeness (QED) is 0.785. The summed E-state index contributed by atoms with van der Waals surface area (Å²) >= 11 is 0. The van der Waals surface area contributed by atoms with Crippen molar-refractivity contribution < 1.29 is 4.79 Å². The lowest BCUT2D eigenvalue weighted by Gasteiger charge is -2.26. The summed E-state index contributed by atoms with van der Waals surface area (Å²) in [6, 6.07) is 5.71. The van der Waals surface area contributed by atoms with E-state index in [-0.39, 0.29) is 11.9 Å². The lowest BCUT2D eigenvalue weighted by Crippen LogP contribution is -2.46. The van der Waals surface area contributed by atoms with Crippen LogP contribution in [0.4, 0.5) is 5.82 Å². The van der Waals surface area contributed by atoms with Crippen LogP contribution in [-0.4, -0.2) is 48.0 Å². The number of amides is 1. The molecule has 1 aliphatic heterocycles. The Balaban J connectivity index is 1.66. The summed E-state index contributed by atoms with van der Waals surface area (Å²) in [6.07, 6.45) is 6.75. The van der Waals surface area contributed by atoms with Crippen LogP contribution in [-0.2, 0) is 4.79 Å². The van der Waals surface area contributed by atoms with E-state index in [0.29, 0.717) is 13.1 Å². The molecule has 1 amide bonds. The van der Waals surface area contributed by atoms with E-state index in [1.54, 1.807) is 6.20 Å². The fraction of sp³-hybridized carbons (Fsp3) is 0.625. The Morgan fingerprint density at radius 2 is 2.00 bits per heavy atom. The molecule has 2 N–H and O–H groups in total. The minimum atomic E-state index is -0.0297. The maximum atomic E-state index is 12.2. The smallest absolute Gasteiger partial charge is 0.237 e. The van der Waals surface area contributed by atoms with E-state index in [1.165, 1.54) is 25.7 Å². The fourth-order valence-corrected chi connectivity index (χ4v) is 2.64. The Bertz CT molecular complexity index is 416. The van der Waals surface area contributed by atoms with Crippen LogP contribution < -0.4 is 10.6 Å². The second-order valence-electron chi connectivity index (χ2n) is 5.56. The van der Waals surface area contributed by atoms with Gasteiger partial charge in [0.2, 0.25) is 5.91 Å². The monoisotopic (exact) mass is 290 g/mol. The molecule has 2 rings (SSSR count). The lowest BCUT2D eigenvalue weighted by molar-refractivity contribution is -0.125. The van der Waals surface area contributed by atoms with Crippen LogP contribution in [0.15, 0.2) is 24.4 Å². The second kappa shape index (κ2) is 8.62. The van der Waals surface area contributed by atoms with E-state index in [4.69, 9.17) is 0 Å². The Labute approximate surface area is 127 Å². The van der Waals surface area contributed by atoms with E-state index in [2.05, 4.69) is 20.5 Å². The normalized spacial score (nSPS) is 17.8. The molecular formula is C16H26N4O. The van der Waals surface area contributed by atoms with E-state index in [1.807, 2.05) is 25.1 Å². The van der Waals surface area contributed by atoms with Gasteiger partial charge in [-0.15, -0.1) is 0 Å². The van der Waals surface area contributed by atoms with Crippen molar-refractivity contribution in [2.24, 2.45) is 0 Å². The van der Waals surface area contributed by atoms with Crippen molar-refractivity contribution in [2.75, 3.05) is 31.5 Å². The number of hydrogen-bond acceptors (Lipinski definition) is 4. The Kier molecular flexibility index (Phi) is 6.47. The van der Waals surface area contributed by atoms with Crippen LogP contribution in [0.1, 0.15) is 32.6 Å². The highest BCUT2D eigenvalue weighted by atomic mass is 16.2. The van der Waals surface area contributed by atoms with Crippen molar-refractivity contribution in [3.63, 3.8) is 0 Å². The molecule has 1 fully saturated rings. The van der Waals surface area contributed by atoms with Gasteiger partial charge in [-0.1, -0.05) is 18.9 Å². The van der Waals surface area contributed by atoms with Crippen LogP contribution in [0.5, 0.6) is 0 Å². The third kappa shape index (κ3) is 5.34. The van der Waals surface area contributed by atoms with Crippen LogP contribution in [0, 0.1) is 0 Å². The Morgan fingerprint density at radius 1 is 1.24 bits per heavy atom. The van der Waals surface area contributed by atoms with Crippen molar-refractivity contribution in [3.8, 4) is 0 Å². The molecule has 0 saturated carbocycles. The molecule has 5 heteroatoms. The van der Waals surface area contributed by atoms with Gasteiger partial charge in [0.05, 0.1) is 6.04 Å². The van der Waals surface area contributed by atoms with Gasteiger partial charge in [0.25, 0.3) is 0 Å². The van der Waals surface area contributed by atoms with Crippen LogP contribution in [0.2, 0.25) is 0 Å². The molecule has 0 spiro atoms. The highest BCUT2D eigenvalue weighted by molar-refractivity contribution is 5.81. The van der Waals surface area contributed by atoms with Crippen molar-refractivity contribution in [1.82, 2.24) is 15.2 Å². The van der Waals surface area contributed by atoms with E-state index < -0.39 is 0 Å². The van der Waals surface area contributed by atoms with Gasteiger partial charge in [0.1, 0.15) is 5.82 Å². The first-order chi connectivity index (χ1) is 10.3. The van der Waals surface area contributed by atoms with Crippen LogP contribution >= 0.6 is 0 Å². The van der Waals surface area contributed by atoms with Gasteiger partial charge >= 0.3 is 0 Å². The number of carbonyl (C=O) groups is 1. The van der Waals surface area contributed by atoms with Crippen molar-refractivity contribution in [1.29, 1.82) is 0 Å². The first-order valence-corrected chi connectivity index (χ1v) is 7.94. The topological polar surface area (TPSA) is 57.3 Å². The number of pyridine rings is 1. The highest BCUT2D eigenvalue weighted by Crippen LogP contribution is 2.12. The molecule has 1 atom stereocenters. The molecule has 0 bridgehead atoms. The number of anilines is 1. The average molecular weight is 290 g/mol. The Hall–Kier alpha value is -1.62. The molecular weight excluding hydrogens is 264 g/mol. The van der Waals surface area contributed by atoms with Gasteiger partial charge in [-0.3, -0.25) is 9.69 Å². The van der Waals surface area contributed by atoms with Gasteiger partial charge < -0.3 is 10.6 Å². The number of aromatic nitrogens is 1. The third-order valence-electron chi connectivity index (χ3n) is 3.96. The van der Waals surface area contributed by atoms with Crippen LogP contribution in [0.3, 0.4) is 0 Å². The van der Waals surface area contributed by atoms with E-state index in [0.717, 1.165) is 18.9 Å². The molecule has 2 heterocycles. The van der Waals surface area contributed by atoms with Gasteiger partial charge in [-0.05, 0) is 45.0 Å². The van der Waals surface area contributed by atoms with Gasteiger partial charge in [-0.25, -0.2) is 4.98 Å². The van der Waals surface area contributed by atoms with Gasteiger partial charge in [0.15, 0.2) is 0 Å². The van der Waals surface area contributed by atoms with Gasteiger partial charge in [0, 0.05) is 19.3 Å². The molecule has 1 saturated heterocycles. The lowest BCUT2D eigenvalue weighted by atomic mass is 10.2. The number of carbonyl (C=O) groups excluding carboxylic acids is 1. The molecule has 1 aliphatic rings. The summed E-state index contributed by atoms with van der Waals surface area (Å²) in [5.41, 5.74) is 0. The summed E-state index contributed by atoms with van der Waals surface area (Å²) in [6.45, 7) is 5.40. The van der Waals surface area contributed by atoms with E-state index in [9.17, 15) is 4.79 Å². The molecule has 1 unspecified atom stereocenters. The summed E-state index contributed by atoms with van der Waals surface area (Å²) in [4.78, 5) is 18.7. The largest absolute Gasteiger partial charge is 0.368 e. The second-order valence-corrected chi connectivity index (χ2v) is 5.56. The zero-order chi connectivity index (χ0) is 14.9. The SMILES string of the molecule is CC(C(=O)NCCNc1ccccn1)N1CCCCCC1. The zero-order valence-corrected chi connectivity index (χ0v) is 12.8. The molecule has 21 heavy (non-hydrogen) atoms. The molecule has 0 aromatic carbocycles. The Morgan fingerprint density at radius 3 is 2.67 bits per heavy atom. The number of hydrogen-bond donors (Lipinski definition) is 2. The fourth-order valence-electron chi connectivity index (χ4n) is 2.64. The van der Waals surface area contributed by atoms with Crippen molar-refractivity contribution in [2.45, 2.75) is 38.6 Å². The first kappa shape index (κ1) is 15.8. The average Bonchev–Trinajstić information content (AvgIpc) is 2.81. The number of likely N-dealkylation sites (tertiary alicyclic amines) is 1. The third-order valence-corrected chi connectivity index (χ3v) is 3.96. The summed E-state index contributed by atoms with van der Waals surface area (Å²) in [5, 5.41) is 6.19. The number of rotatable bonds is 6. The maximum Gasteiger partial charge on any atom is 0.237 e. The molecule has 0 aliphatic carbocycles. The number of nitrogens with zero attached hydrogens (tertiary/aromatic N) is 2. The molecule has 5 nitrogen and oxygen atoms in total. The highest BCUT2D eigenvalue weighted by Gasteiger charge is 2.21. The molecule has 0 radical (unpaired) electrons. The first-order valence-electron chi connectivity index (χ1n) is 7.94. The van der Waals surface area contributed by atoms with E-state index >= 15 is 0 Å². The van der Waals surface area contributed by atoms with Crippen molar-refractivity contribution in [3.05, 3.63) is 24.4 Å².